The molecule has 0 aliphatic rings. The van der Waals surface area contributed by atoms with Gasteiger partial charge in [0.15, 0.2) is 0 Å². The Balaban J connectivity index is 2.21. The lowest BCUT2D eigenvalue weighted by Gasteiger charge is -2.07. The fraction of sp³-hybridized carbons (Fsp3) is 0.250. The second kappa shape index (κ2) is 4.96. The Kier molecular flexibility index (Phi) is 3.14. The van der Waals surface area contributed by atoms with Crippen LogP contribution in [0.1, 0.15) is 19.4 Å². The molecule has 0 atom stereocenters. The molecule has 20 heavy (non-hydrogen) atoms. The Morgan fingerprint density at radius 2 is 2.00 bits per heavy atom. The molecule has 102 valence electrons. The number of benzene rings is 1. The van der Waals surface area contributed by atoms with Gasteiger partial charge in [0.1, 0.15) is 5.69 Å². The van der Waals surface area contributed by atoms with Crippen molar-refractivity contribution in [2.24, 2.45) is 5.92 Å². The van der Waals surface area contributed by atoms with Gasteiger partial charge in [0, 0.05) is 22.7 Å². The summed E-state index contributed by atoms with van der Waals surface area (Å²) < 4.78 is 5.21. The molecule has 0 saturated heterocycles. The summed E-state index contributed by atoms with van der Waals surface area (Å²) in [6.07, 6.45) is 2.64. The standard InChI is InChI=1S/C16H17N3O/c1-10(2)9-13-15(19-20-16(13)17)12-7-8-18-14-6-4-3-5-11(12)14/h3-8,10H,9,17H2,1-2H3. The third-order valence-electron chi connectivity index (χ3n) is 3.34. The van der Waals surface area contributed by atoms with Crippen LogP contribution in [0.15, 0.2) is 41.1 Å². The molecule has 0 radical (unpaired) electrons. The second-order valence-electron chi connectivity index (χ2n) is 5.35. The highest BCUT2D eigenvalue weighted by atomic mass is 16.5. The number of para-hydroxylation sites is 1. The van der Waals surface area contributed by atoms with Crippen LogP contribution in [0.5, 0.6) is 0 Å². The molecule has 0 amide bonds. The maximum atomic E-state index is 5.93. The average molecular weight is 267 g/mol. The molecule has 0 bridgehead atoms. The molecule has 2 heterocycles. The van der Waals surface area contributed by atoms with E-state index in [0.29, 0.717) is 11.8 Å². The van der Waals surface area contributed by atoms with Crippen LogP contribution in [-0.4, -0.2) is 10.1 Å². The molecule has 1 aromatic carbocycles. The van der Waals surface area contributed by atoms with E-state index in [1.54, 1.807) is 6.20 Å². The van der Waals surface area contributed by atoms with Crippen molar-refractivity contribution in [3.8, 4) is 11.3 Å². The van der Waals surface area contributed by atoms with E-state index in [0.717, 1.165) is 34.1 Å². The zero-order valence-corrected chi connectivity index (χ0v) is 11.6. The maximum Gasteiger partial charge on any atom is 0.225 e. The van der Waals surface area contributed by atoms with Crippen molar-refractivity contribution in [3.05, 3.63) is 42.1 Å². The van der Waals surface area contributed by atoms with Gasteiger partial charge >= 0.3 is 0 Å². The predicted octanol–water partition coefficient (Wildman–Crippen LogP) is 3.67. The molecule has 0 spiro atoms. The van der Waals surface area contributed by atoms with Crippen molar-refractivity contribution < 1.29 is 4.52 Å². The first-order valence-electron chi connectivity index (χ1n) is 6.75. The van der Waals surface area contributed by atoms with Crippen LogP contribution >= 0.6 is 0 Å². The largest absolute Gasteiger partial charge is 0.367 e. The van der Waals surface area contributed by atoms with Crippen LogP contribution < -0.4 is 5.73 Å². The summed E-state index contributed by atoms with van der Waals surface area (Å²) in [5.74, 6) is 0.901. The highest BCUT2D eigenvalue weighted by Gasteiger charge is 2.18. The molecule has 0 unspecified atom stereocenters. The van der Waals surface area contributed by atoms with Gasteiger partial charge in [0.25, 0.3) is 0 Å². The van der Waals surface area contributed by atoms with E-state index in [2.05, 4.69) is 24.0 Å². The Hall–Kier alpha value is -2.36. The van der Waals surface area contributed by atoms with Crippen LogP contribution in [0.3, 0.4) is 0 Å². The third kappa shape index (κ3) is 2.13. The number of nitrogens with zero attached hydrogens (tertiary/aromatic N) is 2. The minimum Gasteiger partial charge on any atom is -0.367 e. The summed E-state index contributed by atoms with van der Waals surface area (Å²) >= 11 is 0. The Morgan fingerprint density at radius 3 is 2.80 bits per heavy atom. The van der Waals surface area contributed by atoms with E-state index in [-0.39, 0.29) is 0 Å². The Morgan fingerprint density at radius 1 is 1.20 bits per heavy atom. The summed E-state index contributed by atoms with van der Waals surface area (Å²) in [6.45, 7) is 4.31. The zero-order valence-electron chi connectivity index (χ0n) is 11.6. The number of fused-ring (bicyclic) bond motifs is 1. The van der Waals surface area contributed by atoms with Gasteiger partial charge in [-0.3, -0.25) is 4.98 Å². The summed E-state index contributed by atoms with van der Waals surface area (Å²) in [7, 11) is 0. The maximum absolute atomic E-state index is 5.93. The molecular weight excluding hydrogens is 250 g/mol. The monoisotopic (exact) mass is 267 g/mol. The summed E-state index contributed by atoms with van der Waals surface area (Å²) in [4.78, 5) is 4.38. The molecule has 4 heteroatoms. The van der Waals surface area contributed by atoms with Gasteiger partial charge in [-0.05, 0) is 24.5 Å². The topological polar surface area (TPSA) is 64.9 Å². The van der Waals surface area contributed by atoms with Crippen LogP contribution in [0.2, 0.25) is 0 Å². The number of hydrogen-bond acceptors (Lipinski definition) is 4. The quantitative estimate of drug-likeness (QED) is 0.786. The SMILES string of the molecule is CC(C)Cc1c(-c2ccnc3ccccc23)noc1N. The van der Waals surface area contributed by atoms with E-state index in [1.165, 1.54) is 0 Å². The number of aromatic nitrogens is 2. The lowest BCUT2D eigenvalue weighted by Crippen LogP contribution is -1.99. The lowest BCUT2D eigenvalue weighted by molar-refractivity contribution is 0.438. The normalized spacial score (nSPS) is 11.3. The van der Waals surface area contributed by atoms with Gasteiger partial charge in [-0.1, -0.05) is 37.2 Å². The number of pyridine rings is 1. The van der Waals surface area contributed by atoms with Crippen LogP contribution in [0, 0.1) is 5.92 Å². The summed E-state index contributed by atoms with van der Waals surface area (Å²) in [5, 5.41) is 5.22. The molecule has 2 N–H and O–H groups in total. The number of nitrogens with two attached hydrogens (primary N) is 1. The molecular formula is C16H17N3O. The van der Waals surface area contributed by atoms with Crippen molar-refractivity contribution in [2.75, 3.05) is 5.73 Å². The number of rotatable bonds is 3. The summed E-state index contributed by atoms with van der Waals surface area (Å²) in [5.41, 5.74) is 9.70. The molecule has 0 fully saturated rings. The highest BCUT2D eigenvalue weighted by molar-refractivity contribution is 5.94. The molecule has 4 nitrogen and oxygen atoms in total. The van der Waals surface area contributed by atoms with Gasteiger partial charge in [0.2, 0.25) is 5.88 Å². The number of nitrogen functional groups attached to an aromatic ring is 1. The fourth-order valence-electron chi connectivity index (χ4n) is 2.44. The smallest absolute Gasteiger partial charge is 0.225 e. The summed E-state index contributed by atoms with van der Waals surface area (Å²) in [6, 6.07) is 9.97. The Bertz CT molecular complexity index is 741. The first-order valence-corrected chi connectivity index (χ1v) is 6.75. The molecule has 0 aliphatic heterocycles. The highest BCUT2D eigenvalue weighted by Crippen LogP contribution is 2.33. The van der Waals surface area contributed by atoms with Crippen LogP contribution in [0.25, 0.3) is 22.2 Å². The van der Waals surface area contributed by atoms with E-state index < -0.39 is 0 Å². The number of hydrogen-bond donors (Lipinski definition) is 1. The van der Waals surface area contributed by atoms with E-state index in [9.17, 15) is 0 Å². The third-order valence-corrected chi connectivity index (χ3v) is 3.34. The molecule has 0 saturated carbocycles. The van der Waals surface area contributed by atoms with E-state index >= 15 is 0 Å². The fourth-order valence-corrected chi connectivity index (χ4v) is 2.44. The average Bonchev–Trinajstić information content (AvgIpc) is 2.79. The van der Waals surface area contributed by atoms with Crippen molar-refractivity contribution in [1.29, 1.82) is 0 Å². The van der Waals surface area contributed by atoms with Gasteiger partial charge < -0.3 is 10.3 Å². The zero-order chi connectivity index (χ0) is 14.1. The van der Waals surface area contributed by atoms with Crippen molar-refractivity contribution in [3.63, 3.8) is 0 Å². The molecule has 3 aromatic rings. The van der Waals surface area contributed by atoms with Gasteiger partial charge in [-0.15, -0.1) is 0 Å². The van der Waals surface area contributed by atoms with Gasteiger partial charge in [-0.25, -0.2) is 0 Å². The second-order valence-corrected chi connectivity index (χ2v) is 5.35. The van der Waals surface area contributed by atoms with Crippen molar-refractivity contribution in [2.45, 2.75) is 20.3 Å². The predicted molar refractivity (Wildman–Crippen MR) is 80.2 cm³/mol. The van der Waals surface area contributed by atoms with Crippen LogP contribution in [-0.2, 0) is 6.42 Å². The van der Waals surface area contributed by atoms with Gasteiger partial charge in [-0.2, -0.15) is 0 Å². The van der Waals surface area contributed by atoms with E-state index in [1.807, 2.05) is 30.3 Å². The Labute approximate surface area is 117 Å². The molecule has 3 rings (SSSR count). The minimum absolute atomic E-state index is 0.412. The minimum atomic E-state index is 0.412. The van der Waals surface area contributed by atoms with E-state index in [4.69, 9.17) is 10.3 Å². The first-order chi connectivity index (χ1) is 9.66. The van der Waals surface area contributed by atoms with Crippen LogP contribution in [0.4, 0.5) is 5.88 Å². The van der Waals surface area contributed by atoms with Crippen molar-refractivity contribution in [1.82, 2.24) is 10.1 Å². The molecule has 0 aliphatic carbocycles. The van der Waals surface area contributed by atoms with Gasteiger partial charge in [0.05, 0.1) is 5.52 Å². The number of anilines is 1. The lowest BCUT2D eigenvalue weighted by atomic mass is 9.97. The molecule has 2 aromatic heterocycles. The first kappa shape index (κ1) is 12.7. The van der Waals surface area contributed by atoms with Crippen molar-refractivity contribution >= 4 is 16.8 Å².